The van der Waals surface area contributed by atoms with Gasteiger partial charge in [0.15, 0.2) is 11.5 Å². The van der Waals surface area contributed by atoms with E-state index in [1.807, 2.05) is 36.4 Å². The molecule has 0 amide bonds. The summed E-state index contributed by atoms with van der Waals surface area (Å²) in [6.45, 7) is 5.06. The van der Waals surface area contributed by atoms with Crippen LogP contribution in [0.5, 0.6) is 5.75 Å². The largest absolute Gasteiger partial charge is 0.492 e. The van der Waals surface area contributed by atoms with Crippen molar-refractivity contribution in [3.05, 3.63) is 66.7 Å². The van der Waals surface area contributed by atoms with Crippen molar-refractivity contribution in [2.24, 2.45) is 5.73 Å². The smallest absolute Gasteiger partial charge is 0.161 e. The molecule has 44 heavy (non-hydrogen) atoms. The number of hydrogen-bond acceptors (Lipinski definition) is 9. The third-order valence-corrected chi connectivity index (χ3v) is 8.32. The van der Waals surface area contributed by atoms with Gasteiger partial charge in [-0.3, -0.25) is 15.0 Å². The number of nitrogens with one attached hydrogen (secondary N) is 2. The maximum absolute atomic E-state index is 14.8. The summed E-state index contributed by atoms with van der Waals surface area (Å²) in [5.74, 6) is 1.48. The van der Waals surface area contributed by atoms with Crippen molar-refractivity contribution in [3.63, 3.8) is 0 Å². The molecule has 0 aliphatic carbocycles. The molecule has 6 heterocycles. The lowest BCUT2D eigenvalue weighted by molar-refractivity contribution is 0.237. The molecule has 2 aromatic carbocycles. The number of halogens is 1. The lowest BCUT2D eigenvalue weighted by atomic mass is 10.0. The first-order chi connectivity index (χ1) is 21.6. The molecule has 2 saturated heterocycles. The fourth-order valence-corrected chi connectivity index (χ4v) is 6.02. The number of ether oxygens (including phenoxy) is 1. The van der Waals surface area contributed by atoms with Crippen LogP contribution in [0.1, 0.15) is 12.8 Å². The number of para-hydroxylation sites is 1. The van der Waals surface area contributed by atoms with E-state index in [-0.39, 0.29) is 11.9 Å². The number of fused-ring (bicyclic) bond motifs is 2. The predicted molar refractivity (Wildman–Crippen MR) is 167 cm³/mol. The van der Waals surface area contributed by atoms with E-state index in [1.54, 1.807) is 12.4 Å². The summed E-state index contributed by atoms with van der Waals surface area (Å²) in [4.78, 5) is 26.8. The topological polar surface area (TPSA) is 138 Å². The van der Waals surface area contributed by atoms with Crippen LogP contribution in [0.2, 0.25) is 0 Å². The van der Waals surface area contributed by atoms with Gasteiger partial charge in [-0.15, -0.1) is 0 Å². The van der Waals surface area contributed by atoms with Gasteiger partial charge in [-0.25, -0.2) is 19.3 Å². The van der Waals surface area contributed by atoms with Crippen LogP contribution in [0.3, 0.4) is 0 Å². The van der Waals surface area contributed by atoms with Crippen molar-refractivity contribution >= 4 is 27.9 Å². The molecule has 2 fully saturated rings. The number of nitrogens with zero attached hydrogens (tertiary/aromatic N) is 7. The van der Waals surface area contributed by atoms with Gasteiger partial charge in [0.1, 0.15) is 35.2 Å². The first-order valence-electron chi connectivity index (χ1n) is 14.9. The minimum atomic E-state index is -0.356. The van der Waals surface area contributed by atoms with E-state index >= 15 is 0 Å². The van der Waals surface area contributed by atoms with Crippen LogP contribution in [0, 0.1) is 5.82 Å². The second kappa shape index (κ2) is 11.0. The molecule has 0 radical (unpaired) electrons. The number of anilines is 1. The van der Waals surface area contributed by atoms with E-state index in [1.165, 1.54) is 25.0 Å². The molecular weight excluding hydrogens is 559 g/mol. The first kappa shape index (κ1) is 26.7. The average molecular weight is 591 g/mol. The summed E-state index contributed by atoms with van der Waals surface area (Å²) < 4.78 is 20.7. The van der Waals surface area contributed by atoms with Crippen molar-refractivity contribution in [3.8, 4) is 39.8 Å². The Bertz CT molecular complexity index is 1980. The Labute approximate surface area is 252 Å². The van der Waals surface area contributed by atoms with Crippen LogP contribution in [-0.4, -0.2) is 85.4 Å². The van der Waals surface area contributed by atoms with E-state index in [4.69, 9.17) is 25.4 Å². The maximum atomic E-state index is 14.8. The Hall–Kier alpha value is -4.94. The molecule has 11 nitrogen and oxygen atoms in total. The molecule has 0 saturated carbocycles. The minimum Gasteiger partial charge on any atom is -0.492 e. The number of hydrogen-bond donors (Lipinski definition) is 3. The van der Waals surface area contributed by atoms with Crippen LogP contribution >= 0.6 is 0 Å². The van der Waals surface area contributed by atoms with Gasteiger partial charge in [0, 0.05) is 37.3 Å². The summed E-state index contributed by atoms with van der Waals surface area (Å²) in [6.07, 6.45) is 5.89. The minimum absolute atomic E-state index is 0.161. The van der Waals surface area contributed by atoms with Crippen molar-refractivity contribution in [2.45, 2.75) is 18.9 Å². The van der Waals surface area contributed by atoms with Crippen LogP contribution < -0.4 is 15.4 Å². The summed E-state index contributed by atoms with van der Waals surface area (Å²) in [6, 6.07) is 14.6. The van der Waals surface area contributed by atoms with Gasteiger partial charge in [-0.2, -0.15) is 5.10 Å². The number of imidazole rings is 1. The number of aromatic amines is 2. The monoisotopic (exact) mass is 590 g/mol. The molecule has 222 valence electrons. The summed E-state index contributed by atoms with van der Waals surface area (Å²) in [5, 5.41) is 7.61. The molecule has 6 aromatic rings. The molecule has 0 atom stereocenters. The first-order valence-corrected chi connectivity index (χ1v) is 14.9. The summed E-state index contributed by atoms with van der Waals surface area (Å²) in [7, 11) is 0. The fourth-order valence-electron chi connectivity index (χ4n) is 6.02. The number of nitrogens with two attached hydrogens (primary N) is 1. The Morgan fingerprint density at radius 2 is 1.82 bits per heavy atom. The van der Waals surface area contributed by atoms with E-state index < -0.39 is 0 Å². The molecule has 12 heteroatoms. The zero-order valence-corrected chi connectivity index (χ0v) is 24.0. The molecule has 0 bridgehead atoms. The number of likely N-dealkylation sites (tertiary alicyclic amines) is 1. The lowest BCUT2D eigenvalue weighted by Crippen LogP contribution is -2.56. The van der Waals surface area contributed by atoms with Crippen LogP contribution in [0.25, 0.3) is 56.1 Å². The molecule has 2 aliphatic rings. The number of benzene rings is 2. The Morgan fingerprint density at radius 1 is 0.932 bits per heavy atom. The van der Waals surface area contributed by atoms with Crippen LogP contribution in [0.4, 0.5) is 10.2 Å². The van der Waals surface area contributed by atoms with Gasteiger partial charge in [0.25, 0.3) is 0 Å². The normalized spacial score (nSPS) is 15.8. The van der Waals surface area contributed by atoms with Crippen molar-refractivity contribution in [1.29, 1.82) is 0 Å². The van der Waals surface area contributed by atoms with Crippen LogP contribution in [0.15, 0.2) is 60.9 Å². The van der Waals surface area contributed by atoms with Crippen molar-refractivity contribution in [2.75, 3.05) is 44.2 Å². The quantitative estimate of drug-likeness (QED) is 0.236. The lowest BCUT2D eigenvalue weighted by Gasteiger charge is -2.37. The standard InChI is InChI=1S/C32H31FN10O/c33-20-12-19(13-22(14-20)44-11-10-42-8-1-2-9-42)23-4-3-5-25-29(23)39-32(38-25)31-30-26(40-41-31)7-6-24(37-30)27-15-35-16-28(36-27)43-17-21(34)18-43/h3-7,12-16,21H,1-2,8-11,17-18,34H2,(H,38,39)(H,40,41). The number of rotatable bonds is 8. The fraction of sp³-hybridized carbons (Fsp3) is 0.281. The number of H-pyrrole nitrogens is 2. The molecule has 0 spiro atoms. The van der Waals surface area contributed by atoms with Gasteiger partial charge < -0.3 is 20.4 Å². The predicted octanol–water partition coefficient (Wildman–Crippen LogP) is 4.39. The van der Waals surface area contributed by atoms with Crippen molar-refractivity contribution in [1.82, 2.24) is 40.0 Å². The molecule has 4 N–H and O–H groups in total. The molecule has 0 unspecified atom stereocenters. The number of pyridine rings is 1. The highest BCUT2D eigenvalue weighted by Gasteiger charge is 2.25. The van der Waals surface area contributed by atoms with Gasteiger partial charge in [0.2, 0.25) is 0 Å². The second-order valence-corrected chi connectivity index (χ2v) is 11.5. The molecule has 2 aliphatic heterocycles. The third kappa shape index (κ3) is 5.01. The summed E-state index contributed by atoms with van der Waals surface area (Å²) in [5.41, 5.74) is 12.3. The van der Waals surface area contributed by atoms with Gasteiger partial charge >= 0.3 is 0 Å². The van der Waals surface area contributed by atoms with Crippen molar-refractivity contribution < 1.29 is 9.13 Å². The highest BCUT2D eigenvalue weighted by Crippen LogP contribution is 2.34. The third-order valence-electron chi connectivity index (χ3n) is 8.32. The van der Waals surface area contributed by atoms with Gasteiger partial charge in [-0.05, 0) is 61.8 Å². The molecular formula is C32H31FN10O. The highest BCUT2D eigenvalue weighted by molar-refractivity contribution is 5.96. The second-order valence-electron chi connectivity index (χ2n) is 11.5. The van der Waals surface area contributed by atoms with Crippen LogP contribution in [-0.2, 0) is 0 Å². The maximum Gasteiger partial charge on any atom is 0.161 e. The molecule has 8 rings (SSSR count). The van der Waals surface area contributed by atoms with E-state index in [2.05, 4.69) is 30.0 Å². The van der Waals surface area contributed by atoms with E-state index in [9.17, 15) is 4.39 Å². The highest BCUT2D eigenvalue weighted by atomic mass is 19.1. The SMILES string of the molecule is NC1CN(c2cncc(-c3ccc4[nH]nc(-c5nc6c(-c7cc(F)cc(OCCN8CCCC8)c7)cccc6[nH]5)c4n3)n2)C1. The Morgan fingerprint density at radius 3 is 2.68 bits per heavy atom. The average Bonchev–Trinajstić information content (AvgIpc) is 3.78. The summed E-state index contributed by atoms with van der Waals surface area (Å²) >= 11 is 0. The molecule has 4 aromatic heterocycles. The zero-order chi connectivity index (χ0) is 29.6. The van der Waals surface area contributed by atoms with Gasteiger partial charge in [0.05, 0.1) is 34.6 Å². The Balaban J connectivity index is 1.11. The Kier molecular flexibility index (Phi) is 6.64. The van der Waals surface area contributed by atoms with E-state index in [0.29, 0.717) is 51.9 Å². The zero-order valence-electron chi connectivity index (χ0n) is 24.0. The number of aromatic nitrogens is 7. The van der Waals surface area contributed by atoms with Gasteiger partial charge in [-0.1, -0.05) is 12.1 Å². The van der Waals surface area contributed by atoms with E-state index in [0.717, 1.165) is 55.1 Å².